The van der Waals surface area contributed by atoms with Gasteiger partial charge in [-0.15, -0.1) is 0 Å². The minimum Gasteiger partial charge on any atom is -0.393 e. The summed E-state index contributed by atoms with van der Waals surface area (Å²) in [7, 11) is 0. The third-order valence-electron chi connectivity index (χ3n) is 7.84. The molecule has 200 valence electrons. The highest BCUT2D eigenvalue weighted by molar-refractivity contribution is 6.33. The van der Waals surface area contributed by atoms with Crippen LogP contribution in [-0.2, 0) is 4.79 Å². The number of primary amides is 1. The van der Waals surface area contributed by atoms with Crippen LogP contribution in [0.1, 0.15) is 69.9 Å². The number of anilines is 3. The van der Waals surface area contributed by atoms with E-state index in [2.05, 4.69) is 20.6 Å². The van der Waals surface area contributed by atoms with Crippen LogP contribution >= 0.6 is 11.6 Å². The van der Waals surface area contributed by atoms with Gasteiger partial charge in [-0.3, -0.25) is 9.36 Å². The average molecular weight is 541 g/mol. The highest BCUT2D eigenvalue weighted by atomic mass is 35.5. The molecule has 2 heterocycles. The van der Waals surface area contributed by atoms with Crippen LogP contribution in [0.15, 0.2) is 18.3 Å². The first-order valence-corrected chi connectivity index (χ1v) is 13.2. The van der Waals surface area contributed by atoms with Crippen LogP contribution in [0.5, 0.6) is 0 Å². The van der Waals surface area contributed by atoms with E-state index in [4.69, 9.17) is 27.6 Å². The molecule has 38 heavy (non-hydrogen) atoms. The maximum Gasteiger partial charge on any atom is 0.224 e. The smallest absolute Gasteiger partial charge is 0.224 e. The van der Waals surface area contributed by atoms with Gasteiger partial charge in [0.15, 0.2) is 5.65 Å². The number of hydrogen-bond donors (Lipinski definition) is 4. The van der Waals surface area contributed by atoms with E-state index in [0.29, 0.717) is 55.2 Å². The van der Waals surface area contributed by atoms with E-state index < -0.39 is 11.2 Å². The van der Waals surface area contributed by atoms with Gasteiger partial charge in [-0.25, -0.2) is 14.4 Å². The number of rotatable bonds is 6. The lowest BCUT2D eigenvalue weighted by molar-refractivity contribution is -0.128. The lowest BCUT2D eigenvalue weighted by atomic mass is 9.73. The average Bonchev–Trinajstić information content (AvgIpc) is 3.23. The van der Waals surface area contributed by atoms with Crippen molar-refractivity contribution >= 4 is 46.3 Å². The fourth-order valence-electron chi connectivity index (χ4n) is 5.49. The number of benzene rings is 1. The number of nitrogens with zero attached hydrogens (tertiary/aromatic N) is 5. The van der Waals surface area contributed by atoms with Gasteiger partial charge in [-0.1, -0.05) is 18.5 Å². The molecule has 0 spiro atoms. The summed E-state index contributed by atoms with van der Waals surface area (Å²) in [5.41, 5.74) is 6.25. The zero-order valence-electron chi connectivity index (χ0n) is 21.0. The summed E-state index contributed by atoms with van der Waals surface area (Å²) in [6.45, 7) is 1.88. The predicted octanol–water partition coefficient (Wildman–Crippen LogP) is 4.56. The lowest BCUT2D eigenvalue weighted by Crippen LogP contribution is -2.38. The van der Waals surface area contributed by atoms with Gasteiger partial charge in [0, 0.05) is 17.5 Å². The second kappa shape index (κ2) is 10.3. The monoisotopic (exact) mass is 540 g/mol. The number of nitrogens with one attached hydrogen (secondary N) is 2. The summed E-state index contributed by atoms with van der Waals surface area (Å²) in [5.74, 6) is -0.246. The van der Waals surface area contributed by atoms with Crippen molar-refractivity contribution in [2.24, 2.45) is 11.1 Å². The Balaban J connectivity index is 1.53. The van der Waals surface area contributed by atoms with Gasteiger partial charge < -0.3 is 21.5 Å². The first-order chi connectivity index (χ1) is 18.2. The van der Waals surface area contributed by atoms with Crippen molar-refractivity contribution in [2.75, 3.05) is 10.6 Å². The molecule has 1 aromatic carbocycles. The number of aliphatic hydroxyl groups excluding tert-OH is 1. The second-order valence-corrected chi connectivity index (χ2v) is 11.0. The number of imidazole rings is 1. The summed E-state index contributed by atoms with van der Waals surface area (Å²) >= 11 is 6.32. The van der Waals surface area contributed by atoms with Gasteiger partial charge in [-0.2, -0.15) is 10.2 Å². The first kappa shape index (κ1) is 26.1. The third kappa shape index (κ3) is 5.11. The molecule has 2 saturated carbocycles. The number of carbonyl (C=O) groups is 1. The van der Waals surface area contributed by atoms with Crippen molar-refractivity contribution in [3.8, 4) is 6.07 Å². The van der Waals surface area contributed by atoms with Gasteiger partial charge in [-0.05, 0) is 63.5 Å². The third-order valence-corrected chi connectivity index (χ3v) is 8.14. The largest absolute Gasteiger partial charge is 0.393 e. The minimum atomic E-state index is -0.679. The van der Waals surface area contributed by atoms with Crippen LogP contribution in [0.25, 0.3) is 11.2 Å². The molecule has 2 atom stereocenters. The summed E-state index contributed by atoms with van der Waals surface area (Å²) in [6.07, 6.45) is 6.98. The molecule has 2 aromatic heterocycles. The summed E-state index contributed by atoms with van der Waals surface area (Å²) < 4.78 is 16.8. The topological polar surface area (TPSA) is 155 Å². The molecule has 2 aliphatic rings. The number of aromatic nitrogens is 4. The molecule has 0 radical (unpaired) electrons. The lowest BCUT2D eigenvalue weighted by Gasteiger charge is -2.35. The normalized spacial score (nSPS) is 25.6. The van der Waals surface area contributed by atoms with E-state index in [1.54, 1.807) is 6.20 Å². The number of aliphatic hydroxyl groups is 1. The van der Waals surface area contributed by atoms with E-state index in [1.807, 2.05) is 17.6 Å². The molecule has 2 aliphatic carbocycles. The molecule has 2 fully saturated rings. The molecule has 12 heteroatoms. The number of hydrogen-bond acceptors (Lipinski definition) is 8. The van der Waals surface area contributed by atoms with Gasteiger partial charge in [0.1, 0.15) is 11.3 Å². The zero-order chi connectivity index (χ0) is 27.0. The molecule has 0 bridgehead atoms. The van der Waals surface area contributed by atoms with Crippen LogP contribution in [0.3, 0.4) is 0 Å². The summed E-state index contributed by atoms with van der Waals surface area (Å²) in [5, 5.41) is 25.6. The molecular weight excluding hydrogens is 511 g/mol. The Morgan fingerprint density at radius 3 is 2.71 bits per heavy atom. The number of carbonyl (C=O) groups excluding carboxylic acids is 1. The van der Waals surface area contributed by atoms with E-state index >= 15 is 0 Å². The number of nitriles is 1. The van der Waals surface area contributed by atoms with Gasteiger partial charge >= 0.3 is 0 Å². The summed E-state index contributed by atoms with van der Waals surface area (Å²) in [4.78, 5) is 25.9. The number of fused-ring (bicyclic) bond motifs is 1. The Labute approximate surface area is 224 Å². The summed E-state index contributed by atoms with van der Waals surface area (Å²) in [6, 6.07) is 4.36. The number of amides is 1. The van der Waals surface area contributed by atoms with Crippen LogP contribution in [0, 0.1) is 22.6 Å². The molecule has 0 aliphatic heterocycles. The van der Waals surface area contributed by atoms with Gasteiger partial charge in [0.2, 0.25) is 17.8 Å². The van der Waals surface area contributed by atoms with Crippen LogP contribution < -0.4 is 16.4 Å². The molecule has 1 amide bonds. The number of halogens is 2. The van der Waals surface area contributed by atoms with Crippen molar-refractivity contribution in [1.82, 2.24) is 19.5 Å². The van der Waals surface area contributed by atoms with E-state index in [-0.39, 0.29) is 40.4 Å². The van der Waals surface area contributed by atoms with Crippen molar-refractivity contribution in [3.63, 3.8) is 0 Å². The van der Waals surface area contributed by atoms with Gasteiger partial charge in [0.25, 0.3) is 0 Å². The highest BCUT2D eigenvalue weighted by Gasteiger charge is 2.38. The van der Waals surface area contributed by atoms with Crippen molar-refractivity contribution in [3.05, 3.63) is 34.7 Å². The Kier molecular flexibility index (Phi) is 7.11. The van der Waals surface area contributed by atoms with E-state index in [9.17, 15) is 14.3 Å². The zero-order valence-corrected chi connectivity index (χ0v) is 21.8. The molecule has 0 saturated heterocycles. The van der Waals surface area contributed by atoms with E-state index in [1.165, 1.54) is 6.07 Å². The Morgan fingerprint density at radius 2 is 2.05 bits per heavy atom. The van der Waals surface area contributed by atoms with Crippen molar-refractivity contribution in [1.29, 1.82) is 5.26 Å². The van der Waals surface area contributed by atoms with E-state index in [0.717, 1.165) is 25.3 Å². The fourth-order valence-corrected chi connectivity index (χ4v) is 5.74. The first-order valence-electron chi connectivity index (χ1n) is 12.8. The fraction of sp³-hybridized carbons (Fsp3) is 0.500. The molecule has 5 N–H and O–H groups in total. The maximum atomic E-state index is 14.9. The number of nitrogens with two attached hydrogens (primary N) is 1. The molecule has 0 unspecified atom stereocenters. The SMILES string of the molecule is C[C@]1(C(N)=O)CC[C@H](n2c(Nc3c(F)cc(C#N)cc3Cl)nc3cnc(N[C@@H]4CCC[C@@H](O)C4)nc32)CC1. The second-order valence-electron chi connectivity index (χ2n) is 10.6. The standard InChI is InChI=1S/C26H30ClFN8O2/c1-26(23(30)38)7-5-16(6-8-26)36-22-20(13-31-24(35-22)32-15-3-2-4-17(37)11-15)33-25(36)34-21-18(27)9-14(12-29)10-19(21)28/h9-10,13,15-17,37H,2-8,11H2,1H3,(H2,30,38)(H,33,34)(H,31,32,35)/t15-,16-,17-,26-/m1/s1. The molecule has 10 nitrogen and oxygen atoms in total. The Bertz CT molecular complexity index is 1390. The molecular formula is C26H30ClFN8O2. The van der Waals surface area contributed by atoms with Gasteiger partial charge in [0.05, 0.1) is 34.6 Å². The molecule has 3 aromatic rings. The predicted molar refractivity (Wildman–Crippen MR) is 141 cm³/mol. The Morgan fingerprint density at radius 1 is 1.29 bits per heavy atom. The van der Waals surface area contributed by atoms with Crippen LogP contribution in [0.2, 0.25) is 5.02 Å². The maximum absolute atomic E-state index is 14.9. The van der Waals surface area contributed by atoms with Crippen LogP contribution in [-0.4, -0.2) is 42.7 Å². The Hall–Kier alpha value is -3.49. The molecule has 5 rings (SSSR count). The highest BCUT2D eigenvalue weighted by Crippen LogP contribution is 2.43. The minimum absolute atomic E-state index is 0.00232. The van der Waals surface area contributed by atoms with Crippen molar-refractivity contribution in [2.45, 2.75) is 76.5 Å². The van der Waals surface area contributed by atoms with Crippen LogP contribution in [0.4, 0.5) is 22.0 Å². The quantitative estimate of drug-likeness (QED) is 0.355. The van der Waals surface area contributed by atoms with Crippen molar-refractivity contribution < 1.29 is 14.3 Å².